The first-order valence-corrected chi connectivity index (χ1v) is 9.05. The lowest BCUT2D eigenvalue weighted by Gasteiger charge is -2.15. The number of hydrogen-bond acceptors (Lipinski definition) is 7. The minimum atomic E-state index is -0.480. The minimum absolute atomic E-state index is 0.222. The smallest absolute Gasteiger partial charge is 0.358 e. The molecule has 0 spiro atoms. The van der Waals surface area contributed by atoms with Crippen LogP contribution in [0.1, 0.15) is 23.0 Å². The molecule has 0 saturated heterocycles. The third-order valence-electron chi connectivity index (χ3n) is 4.28. The van der Waals surface area contributed by atoms with E-state index in [0.717, 1.165) is 11.1 Å². The van der Waals surface area contributed by atoms with Crippen molar-refractivity contribution in [1.29, 1.82) is 0 Å². The Labute approximate surface area is 169 Å². The molecule has 0 aliphatic rings. The molecule has 2 heterocycles. The van der Waals surface area contributed by atoms with Gasteiger partial charge in [0.15, 0.2) is 17.2 Å². The van der Waals surface area contributed by atoms with E-state index in [-0.39, 0.29) is 12.3 Å². The van der Waals surface area contributed by atoms with Crippen molar-refractivity contribution < 1.29 is 23.7 Å². The number of esters is 1. The van der Waals surface area contributed by atoms with Crippen LogP contribution in [0.15, 0.2) is 42.7 Å². The van der Waals surface area contributed by atoms with Gasteiger partial charge in [0.05, 0.1) is 40.2 Å². The van der Waals surface area contributed by atoms with E-state index in [1.807, 2.05) is 24.3 Å². The molecule has 0 bridgehead atoms. The van der Waals surface area contributed by atoms with E-state index >= 15 is 0 Å². The molecule has 0 fully saturated rings. The Morgan fingerprint density at radius 1 is 1.07 bits per heavy atom. The number of nitrogens with zero attached hydrogens (tertiary/aromatic N) is 3. The first-order valence-electron chi connectivity index (χ1n) is 9.05. The fraction of sp³-hybridized carbons (Fsp3) is 0.286. The Morgan fingerprint density at radius 2 is 1.79 bits per heavy atom. The quantitative estimate of drug-likeness (QED) is 0.540. The SMILES string of the molecule is CCOC(=O)c1cc(-c2cc(OC)c(OC)c(OC)c2)n(Cc2cccnc2)n1. The maximum atomic E-state index is 12.3. The van der Waals surface area contributed by atoms with Crippen LogP contribution >= 0.6 is 0 Å². The zero-order valence-electron chi connectivity index (χ0n) is 16.8. The third kappa shape index (κ3) is 4.31. The average Bonchev–Trinajstić information content (AvgIpc) is 3.17. The molecule has 0 aliphatic carbocycles. The number of ether oxygens (including phenoxy) is 4. The Morgan fingerprint density at radius 3 is 2.34 bits per heavy atom. The molecule has 152 valence electrons. The van der Waals surface area contributed by atoms with E-state index in [1.54, 1.807) is 51.4 Å². The predicted octanol–water partition coefficient (Wildman–Crippen LogP) is 3.20. The summed E-state index contributed by atoms with van der Waals surface area (Å²) in [5.74, 6) is 1.02. The number of carbonyl (C=O) groups excluding carboxylic acids is 1. The Balaban J connectivity index is 2.12. The summed E-state index contributed by atoms with van der Waals surface area (Å²) >= 11 is 0. The van der Waals surface area contributed by atoms with Gasteiger partial charge in [-0.25, -0.2) is 4.79 Å². The molecule has 0 atom stereocenters. The van der Waals surface area contributed by atoms with Gasteiger partial charge in [0, 0.05) is 18.0 Å². The molecule has 0 amide bonds. The molecule has 8 heteroatoms. The minimum Gasteiger partial charge on any atom is -0.493 e. The van der Waals surface area contributed by atoms with Crippen molar-refractivity contribution >= 4 is 5.97 Å². The number of aromatic nitrogens is 3. The molecule has 1 aromatic carbocycles. The van der Waals surface area contributed by atoms with Gasteiger partial charge in [0.2, 0.25) is 5.75 Å². The first-order chi connectivity index (χ1) is 14.1. The summed E-state index contributed by atoms with van der Waals surface area (Å²) in [6.07, 6.45) is 3.46. The predicted molar refractivity (Wildman–Crippen MR) is 107 cm³/mol. The second-order valence-corrected chi connectivity index (χ2v) is 6.07. The van der Waals surface area contributed by atoms with E-state index < -0.39 is 5.97 Å². The zero-order chi connectivity index (χ0) is 20.8. The summed E-state index contributed by atoms with van der Waals surface area (Å²) in [6.45, 7) is 2.46. The summed E-state index contributed by atoms with van der Waals surface area (Å²) in [4.78, 5) is 16.4. The summed E-state index contributed by atoms with van der Waals surface area (Å²) in [7, 11) is 4.65. The van der Waals surface area contributed by atoms with Crippen molar-refractivity contribution in [3.63, 3.8) is 0 Å². The Kier molecular flexibility index (Phi) is 6.33. The highest BCUT2D eigenvalue weighted by atomic mass is 16.5. The fourth-order valence-corrected chi connectivity index (χ4v) is 2.97. The van der Waals surface area contributed by atoms with Gasteiger partial charge < -0.3 is 18.9 Å². The number of benzene rings is 1. The lowest BCUT2D eigenvalue weighted by molar-refractivity contribution is 0.0518. The van der Waals surface area contributed by atoms with Crippen LogP contribution in [0.5, 0.6) is 17.2 Å². The summed E-state index contributed by atoms with van der Waals surface area (Å²) < 4.78 is 23.1. The van der Waals surface area contributed by atoms with E-state index in [0.29, 0.717) is 29.5 Å². The number of methoxy groups -OCH3 is 3. The van der Waals surface area contributed by atoms with Crippen LogP contribution in [-0.4, -0.2) is 48.7 Å². The highest BCUT2D eigenvalue weighted by Crippen LogP contribution is 2.41. The fourth-order valence-electron chi connectivity index (χ4n) is 2.97. The monoisotopic (exact) mass is 397 g/mol. The van der Waals surface area contributed by atoms with Crippen molar-refractivity contribution in [1.82, 2.24) is 14.8 Å². The van der Waals surface area contributed by atoms with Crippen LogP contribution in [0.4, 0.5) is 0 Å². The Bertz CT molecular complexity index is 960. The van der Waals surface area contributed by atoms with Crippen LogP contribution < -0.4 is 14.2 Å². The number of hydrogen-bond donors (Lipinski definition) is 0. The molecule has 0 unspecified atom stereocenters. The number of carbonyl (C=O) groups is 1. The van der Waals surface area contributed by atoms with Crippen molar-refractivity contribution in [2.24, 2.45) is 0 Å². The highest BCUT2D eigenvalue weighted by Gasteiger charge is 2.20. The van der Waals surface area contributed by atoms with Gasteiger partial charge in [-0.2, -0.15) is 5.10 Å². The Hall–Kier alpha value is -3.55. The van der Waals surface area contributed by atoms with Crippen molar-refractivity contribution in [3.05, 3.63) is 54.0 Å². The lowest BCUT2D eigenvalue weighted by atomic mass is 10.1. The normalized spacial score (nSPS) is 10.5. The largest absolute Gasteiger partial charge is 0.493 e. The molecule has 3 aromatic rings. The van der Waals surface area contributed by atoms with Gasteiger partial charge in [-0.15, -0.1) is 0 Å². The van der Waals surface area contributed by atoms with Gasteiger partial charge >= 0.3 is 5.97 Å². The second-order valence-electron chi connectivity index (χ2n) is 6.07. The summed E-state index contributed by atoms with van der Waals surface area (Å²) in [5.41, 5.74) is 2.63. The van der Waals surface area contributed by atoms with Crippen LogP contribution in [0.2, 0.25) is 0 Å². The topological polar surface area (TPSA) is 84.7 Å². The van der Waals surface area contributed by atoms with Crippen molar-refractivity contribution in [2.45, 2.75) is 13.5 Å². The number of pyridine rings is 1. The van der Waals surface area contributed by atoms with Crippen LogP contribution in [0, 0.1) is 0 Å². The molecular weight excluding hydrogens is 374 g/mol. The van der Waals surface area contributed by atoms with E-state index in [9.17, 15) is 4.79 Å². The molecule has 0 N–H and O–H groups in total. The van der Waals surface area contributed by atoms with Gasteiger partial charge in [-0.1, -0.05) is 6.07 Å². The summed E-state index contributed by atoms with van der Waals surface area (Å²) in [5, 5.41) is 4.46. The molecular formula is C21H23N3O5. The molecule has 8 nitrogen and oxygen atoms in total. The van der Waals surface area contributed by atoms with Crippen LogP contribution in [-0.2, 0) is 11.3 Å². The van der Waals surface area contributed by atoms with E-state index in [4.69, 9.17) is 18.9 Å². The maximum absolute atomic E-state index is 12.3. The highest BCUT2D eigenvalue weighted by molar-refractivity contribution is 5.89. The molecule has 0 aliphatic heterocycles. The van der Waals surface area contributed by atoms with Crippen molar-refractivity contribution in [3.8, 4) is 28.5 Å². The van der Waals surface area contributed by atoms with Gasteiger partial charge in [0.1, 0.15) is 0 Å². The molecule has 29 heavy (non-hydrogen) atoms. The maximum Gasteiger partial charge on any atom is 0.358 e. The van der Waals surface area contributed by atoms with E-state index in [2.05, 4.69) is 10.1 Å². The van der Waals surface area contributed by atoms with Gasteiger partial charge in [0.25, 0.3) is 0 Å². The van der Waals surface area contributed by atoms with Gasteiger partial charge in [-0.3, -0.25) is 9.67 Å². The van der Waals surface area contributed by atoms with Crippen molar-refractivity contribution in [2.75, 3.05) is 27.9 Å². The first kappa shape index (κ1) is 20.2. The van der Waals surface area contributed by atoms with Crippen LogP contribution in [0.25, 0.3) is 11.3 Å². The number of rotatable bonds is 8. The van der Waals surface area contributed by atoms with Crippen LogP contribution in [0.3, 0.4) is 0 Å². The summed E-state index contributed by atoms with van der Waals surface area (Å²) in [6, 6.07) is 9.11. The zero-order valence-corrected chi connectivity index (χ0v) is 16.8. The lowest BCUT2D eigenvalue weighted by Crippen LogP contribution is -2.08. The molecule has 0 saturated carbocycles. The third-order valence-corrected chi connectivity index (χ3v) is 4.28. The average molecular weight is 397 g/mol. The standard InChI is InChI=1S/C21H23N3O5/c1-5-29-21(25)16-11-17(24(23-16)13-14-7-6-8-22-12-14)15-9-18(26-2)20(28-4)19(10-15)27-3/h6-12H,5,13H2,1-4H3. The second kappa shape index (κ2) is 9.09. The van der Waals surface area contributed by atoms with Gasteiger partial charge in [-0.05, 0) is 36.8 Å². The molecule has 2 aromatic heterocycles. The molecule has 3 rings (SSSR count). The van der Waals surface area contributed by atoms with E-state index in [1.165, 1.54) is 0 Å². The molecule has 0 radical (unpaired) electrons.